The quantitative estimate of drug-likeness (QED) is 0.345. The van der Waals surface area contributed by atoms with E-state index in [1.807, 2.05) is 0 Å². The zero-order valence-corrected chi connectivity index (χ0v) is 12.9. The van der Waals surface area contributed by atoms with Crippen LogP contribution in [0.25, 0.3) is 0 Å². The van der Waals surface area contributed by atoms with E-state index in [0.717, 1.165) is 20.3 Å². The first kappa shape index (κ1) is 17.3. The molecular formula is C10H9NaO6S. The third-order valence-corrected chi connectivity index (χ3v) is 2.63. The van der Waals surface area contributed by atoms with E-state index < -0.39 is 23.0 Å². The molecule has 0 bridgehead atoms. The largest absolute Gasteiger partial charge is 1.00 e. The van der Waals surface area contributed by atoms with Gasteiger partial charge in [0, 0.05) is 4.90 Å². The molecule has 1 atom stereocenters. The van der Waals surface area contributed by atoms with Gasteiger partial charge in [-0.3, -0.25) is 4.21 Å². The number of ether oxygens (including phenoxy) is 2. The number of esters is 2. The average molecular weight is 280 g/mol. The van der Waals surface area contributed by atoms with Gasteiger partial charge in [0.25, 0.3) is 0 Å². The number of carbonyl (C=O) groups is 2. The van der Waals surface area contributed by atoms with Crippen LogP contribution in [0.2, 0.25) is 0 Å². The van der Waals surface area contributed by atoms with Crippen molar-refractivity contribution in [3.8, 4) is 0 Å². The van der Waals surface area contributed by atoms with Crippen molar-refractivity contribution in [2.24, 2.45) is 0 Å². The van der Waals surface area contributed by atoms with Crippen molar-refractivity contribution < 1.29 is 57.4 Å². The minimum absolute atomic E-state index is 0. The summed E-state index contributed by atoms with van der Waals surface area (Å²) in [4.78, 5) is 22.6. The van der Waals surface area contributed by atoms with Gasteiger partial charge in [0.15, 0.2) is 0 Å². The normalized spacial score (nSPS) is 11.1. The van der Waals surface area contributed by atoms with Crippen LogP contribution in [0.5, 0.6) is 0 Å². The monoisotopic (exact) mass is 280 g/mol. The fraction of sp³-hybridized carbons (Fsp3) is 0.200. The molecule has 0 fully saturated rings. The molecule has 0 aliphatic carbocycles. The summed E-state index contributed by atoms with van der Waals surface area (Å²) < 4.78 is 30.4. The van der Waals surface area contributed by atoms with Crippen molar-refractivity contribution >= 4 is 23.0 Å². The number of hydrogen-bond donors (Lipinski definition) is 0. The first-order valence-electron chi connectivity index (χ1n) is 4.41. The van der Waals surface area contributed by atoms with Crippen molar-refractivity contribution in [3.63, 3.8) is 0 Å². The van der Waals surface area contributed by atoms with E-state index in [9.17, 15) is 18.4 Å². The molecule has 92 valence electrons. The molecule has 1 unspecified atom stereocenters. The molecule has 0 saturated heterocycles. The summed E-state index contributed by atoms with van der Waals surface area (Å²) >= 11 is -2.49. The van der Waals surface area contributed by atoms with Gasteiger partial charge in [0.05, 0.1) is 25.3 Å². The molecular weight excluding hydrogens is 271 g/mol. The Hall–Kier alpha value is -0.730. The van der Waals surface area contributed by atoms with Crippen LogP contribution in [-0.4, -0.2) is 34.9 Å². The average Bonchev–Trinajstić information content (AvgIpc) is 2.35. The topological polar surface area (TPSA) is 92.7 Å². The van der Waals surface area contributed by atoms with Crippen molar-refractivity contribution in [1.29, 1.82) is 0 Å². The number of hydrogen-bond acceptors (Lipinski definition) is 6. The van der Waals surface area contributed by atoms with Crippen molar-refractivity contribution in [2.75, 3.05) is 14.2 Å². The van der Waals surface area contributed by atoms with Gasteiger partial charge in [0.2, 0.25) is 0 Å². The summed E-state index contributed by atoms with van der Waals surface area (Å²) in [6.45, 7) is 0. The van der Waals surface area contributed by atoms with Crippen molar-refractivity contribution in [1.82, 2.24) is 0 Å². The number of benzene rings is 1. The van der Waals surface area contributed by atoms with Gasteiger partial charge in [-0.1, -0.05) is 0 Å². The Morgan fingerprint density at radius 3 is 2.06 bits per heavy atom. The molecule has 6 nitrogen and oxygen atoms in total. The minimum atomic E-state index is -2.49. The Morgan fingerprint density at radius 1 is 1.11 bits per heavy atom. The molecule has 0 aromatic heterocycles. The summed E-state index contributed by atoms with van der Waals surface area (Å²) in [6, 6.07) is 3.45. The van der Waals surface area contributed by atoms with Crippen LogP contribution in [0.1, 0.15) is 20.7 Å². The van der Waals surface area contributed by atoms with Crippen LogP contribution in [0.4, 0.5) is 0 Å². The second-order valence-electron chi connectivity index (χ2n) is 2.93. The summed E-state index contributed by atoms with van der Waals surface area (Å²) in [5.74, 6) is -1.55. The predicted molar refractivity (Wildman–Crippen MR) is 56.3 cm³/mol. The Morgan fingerprint density at radius 2 is 1.61 bits per heavy atom. The molecule has 0 amide bonds. The molecule has 0 saturated carbocycles. The Bertz CT molecular complexity index is 487. The summed E-state index contributed by atoms with van der Waals surface area (Å²) in [7, 11) is 2.29. The third kappa shape index (κ3) is 3.89. The number of methoxy groups -OCH3 is 2. The fourth-order valence-electron chi connectivity index (χ4n) is 1.19. The Labute approximate surface area is 128 Å². The van der Waals surface area contributed by atoms with Gasteiger partial charge in [-0.2, -0.15) is 0 Å². The van der Waals surface area contributed by atoms with Crippen LogP contribution in [0.3, 0.4) is 0 Å². The summed E-state index contributed by atoms with van der Waals surface area (Å²) in [5.41, 5.74) is -0.199. The van der Waals surface area contributed by atoms with Crippen LogP contribution < -0.4 is 29.6 Å². The zero-order chi connectivity index (χ0) is 13.0. The fourth-order valence-corrected chi connectivity index (χ4v) is 1.59. The van der Waals surface area contributed by atoms with Gasteiger partial charge in [0.1, 0.15) is 0 Å². The maximum absolute atomic E-state index is 11.4. The van der Waals surface area contributed by atoms with Crippen LogP contribution in [0.15, 0.2) is 23.1 Å². The Kier molecular flexibility index (Phi) is 7.34. The molecule has 1 rings (SSSR count). The summed E-state index contributed by atoms with van der Waals surface area (Å²) in [5, 5.41) is 0. The molecule has 0 heterocycles. The molecule has 1 aromatic rings. The first-order chi connectivity index (χ1) is 8.01. The van der Waals surface area contributed by atoms with E-state index >= 15 is 0 Å². The first-order valence-corrected chi connectivity index (χ1v) is 5.48. The third-order valence-electron chi connectivity index (χ3n) is 1.99. The zero-order valence-electron chi connectivity index (χ0n) is 10.1. The van der Waals surface area contributed by atoms with E-state index in [1.165, 1.54) is 12.1 Å². The molecule has 8 heteroatoms. The van der Waals surface area contributed by atoms with E-state index in [-0.39, 0.29) is 45.6 Å². The van der Waals surface area contributed by atoms with E-state index in [1.54, 1.807) is 0 Å². The van der Waals surface area contributed by atoms with Gasteiger partial charge in [-0.25, -0.2) is 9.59 Å². The maximum atomic E-state index is 11.4. The predicted octanol–water partition coefficient (Wildman–Crippen LogP) is -2.50. The molecule has 0 radical (unpaired) electrons. The van der Waals surface area contributed by atoms with Crippen LogP contribution in [-0.2, 0) is 20.6 Å². The van der Waals surface area contributed by atoms with Gasteiger partial charge in [-0.05, 0) is 29.3 Å². The van der Waals surface area contributed by atoms with Crippen LogP contribution >= 0.6 is 0 Å². The second kappa shape index (κ2) is 7.65. The second-order valence-corrected chi connectivity index (χ2v) is 3.87. The van der Waals surface area contributed by atoms with Gasteiger partial charge < -0.3 is 14.0 Å². The molecule has 0 spiro atoms. The maximum Gasteiger partial charge on any atom is 1.00 e. The molecule has 1 aromatic carbocycles. The molecule has 18 heavy (non-hydrogen) atoms. The SMILES string of the molecule is COC(=O)c1ccc(S(=O)[O-])cc1C(=O)OC.[Na+]. The van der Waals surface area contributed by atoms with E-state index in [2.05, 4.69) is 9.47 Å². The Balaban J connectivity index is 0.00000289. The molecule has 0 aliphatic rings. The molecule has 0 aliphatic heterocycles. The number of carbonyl (C=O) groups excluding carboxylic acids is 2. The van der Waals surface area contributed by atoms with E-state index in [0.29, 0.717) is 0 Å². The van der Waals surface area contributed by atoms with Crippen molar-refractivity contribution in [2.45, 2.75) is 4.90 Å². The minimum Gasteiger partial charge on any atom is -0.768 e. The van der Waals surface area contributed by atoms with Crippen LogP contribution in [0, 0.1) is 0 Å². The molecule has 0 N–H and O–H groups in total. The van der Waals surface area contributed by atoms with E-state index in [4.69, 9.17) is 0 Å². The van der Waals surface area contributed by atoms with Gasteiger partial charge in [-0.15, -0.1) is 0 Å². The summed E-state index contributed by atoms with van der Waals surface area (Å²) in [6.07, 6.45) is 0. The van der Waals surface area contributed by atoms with Crippen molar-refractivity contribution in [3.05, 3.63) is 29.3 Å². The smallest absolute Gasteiger partial charge is 0.768 e. The number of rotatable bonds is 3. The standard InChI is InChI=1S/C10H10O6S.Na/c1-15-9(11)7-4-3-6(17(13)14)5-8(7)10(12)16-2;/h3-5H,1-2H3,(H,13,14);/q;+1/p-1. The van der Waals surface area contributed by atoms with Gasteiger partial charge >= 0.3 is 41.5 Å².